The Labute approximate surface area is 151 Å². The van der Waals surface area contributed by atoms with Gasteiger partial charge in [-0.3, -0.25) is 19.1 Å². The van der Waals surface area contributed by atoms with E-state index in [1.165, 1.54) is 23.9 Å². The van der Waals surface area contributed by atoms with Gasteiger partial charge in [0.15, 0.2) is 5.82 Å². The van der Waals surface area contributed by atoms with Gasteiger partial charge in [-0.2, -0.15) is 5.10 Å². The van der Waals surface area contributed by atoms with Crippen molar-refractivity contribution in [2.24, 2.45) is 7.05 Å². The molecular formula is C18H21N5O3. The lowest BCUT2D eigenvalue weighted by Crippen LogP contribution is -2.22. The molecule has 0 fully saturated rings. The fourth-order valence-corrected chi connectivity index (χ4v) is 2.39. The Morgan fingerprint density at radius 2 is 1.92 bits per heavy atom. The summed E-state index contributed by atoms with van der Waals surface area (Å²) >= 11 is 0. The Balaban J connectivity index is 2.05. The number of hydrogen-bond donors (Lipinski definition) is 3. The highest BCUT2D eigenvalue weighted by molar-refractivity contribution is 5.96. The van der Waals surface area contributed by atoms with Crippen molar-refractivity contribution in [3.8, 4) is 0 Å². The van der Waals surface area contributed by atoms with Gasteiger partial charge in [-0.05, 0) is 17.2 Å². The van der Waals surface area contributed by atoms with Crippen LogP contribution in [0.15, 0.2) is 43.0 Å². The Hall–Kier alpha value is -3.42. The van der Waals surface area contributed by atoms with E-state index in [2.05, 4.69) is 27.6 Å². The number of carbonyl (C=O) groups is 3. The molecular weight excluding hydrogens is 334 g/mol. The molecule has 0 saturated heterocycles. The molecule has 1 aromatic heterocycles. The highest BCUT2D eigenvalue weighted by Crippen LogP contribution is 2.12. The molecule has 3 N–H and O–H groups in total. The number of amides is 3. The summed E-state index contributed by atoms with van der Waals surface area (Å²) in [5.41, 5.74) is 1.97. The Morgan fingerprint density at radius 3 is 2.58 bits per heavy atom. The molecule has 2 rings (SSSR count). The maximum atomic E-state index is 12.3. The Bertz CT molecular complexity index is 841. The molecule has 8 nitrogen and oxygen atoms in total. The quantitative estimate of drug-likeness (QED) is 0.638. The second-order valence-electron chi connectivity index (χ2n) is 5.53. The maximum absolute atomic E-state index is 12.3. The summed E-state index contributed by atoms with van der Waals surface area (Å²) in [6, 6.07) is 8.84. The number of nitrogens with one attached hydrogen (secondary N) is 3. The molecule has 0 saturated carbocycles. The van der Waals surface area contributed by atoms with Crippen LogP contribution < -0.4 is 16.0 Å². The van der Waals surface area contributed by atoms with Crippen molar-refractivity contribution in [3.63, 3.8) is 0 Å². The molecule has 1 aromatic carbocycles. The summed E-state index contributed by atoms with van der Waals surface area (Å²) < 4.78 is 1.40. The van der Waals surface area contributed by atoms with E-state index in [0.717, 1.165) is 11.1 Å². The summed E-state index contributed by atoms with van der Waals surface area (Å²) in [4.78, 5) is 35.3. The molecule has 0 aliphatic rings. The molecule has 2 aromatic rings. The summed E-state index contributed by atoms with van der Waals surface area (Å²) in [5.74, 6) is -0.536. The molecule has 0 bridgehead atoms. The fraction of sp³-hybridized carbons (Fsp3) is 0.222. The highest BCUT2D eigenvalue weighted by atomic mass is 16.2. The zero-order chi connectivity index (χ0) is 19.1. The minimum absolute atomic E-state index is 0.117. The number of carbonyl (C=O) groups excluding carboxylic acids is 3. The number of nitrogens with zero attached hydrogens (tertiary/aromatic N) is 2. The second-order valence-corrected chi connectivity index (χ2v) is 5.53. The van der Waals surface area contributed by atoms with Crippen LogP contribution in [0.2, 0.25) is 0 Å². The van der Waals surface area contributed by atoms with Gasteiger partial charge in [-0.25, -0.2) is 0 Å². The van der Waals surface area contributed by atoms with Gasteiger partial charge in [0.05, 0.1) is 6.42 Å². The fourth-order valence-electron chi connectivity index (χ4n) is 2.39. The van der Waals surface area contributed by atoms with E-state index in [4.69, 9.17) is 0 Å². The van der Waals surface area contributed by atoms with Gasteiger partial charge >= 0.3 is 0 Å². The van der Waals surface area contributed by atoms with Crippen LogP contribution in [0.1, 0.15) is 21.6 Å². The molecule has 1 heterocycles. The topological polar surface area (TPSA) is 105 Å². The minimum atomic E-state index is -0.288. The first-order chi connectivity index (χ1) is 12.4. The van der Waals surface area contributed by atoms with Crippen molar-refractivity contribution in [3.05, 3.63) is 59.8 Å². The lowest BCUT2D eigenvalue weighted by Gasteiger charge is -2.09. The van der Waals surface area contributed by atoms with Crippen LogP contribution in [-0.4, -0.2) is 34.5 Å². The number of aromatic nitrogens is 2. The smallest absolute Gasteiger partial charge is 0.269 e. The van der Waals surface area contributed by atoms with Crippen molar-refractivity contribution in [1.29, 1.82) is 0 Å². The van der Waals surface area contributed by atoms with Gasteiger partial charge in [-0.1, -0.05) is 30.8 Å². The van der Waals surface area contributed by atoms with Crippen LogP contribution in [0.4, 0.5) is 5.82 Å². The lowest BCUT2D eigenvalue weighted by atomic mass is 10.0. The highest BCUT2D eigenvalue weighted by Gasteiger charge is 2.14. The van der Waals surface area contributed by atoms with E-state index in [1.807, 2.05) is 24.3 Å². The average Bonchev–Trinajstić information content (AvgIpc) is 2.99. The first-order valence-corrected chi connectivity index (χ1v) is 7.97. The summed E-state index contributed by atoms with van der Waals surface area (Å²) in [6.45, 7) is 3.71. The number of benzene rings is 1. The van der Waals surface area contributed by atoms with E-state index < -0.39 is 0 Å². The first-order valence-electron chi connectivity index (χ1n) is 7.97. The van der Waals surface area contributed by atoms with Gasteiger partial charge in [-0.15, -0.1) is 0 Å². The van der Waals surface area contributed by atoms with Gasteiger partial charge in [0.1, 0.15) is 5.69 Å². The molecule has 0 radical (unpaired) electrons. The van der Waals surface area contributed by atoms with Crippen LogP contribution in [0.25, 0.3) is 0 Å². The molecule has 0 aliphatic carbocycles. The van der Waals surface area contributed by atoms with E-state index >= 15 is 0 Å². The molecule has 0 atom stereocenters. The zero-order valence-corrected chi connectivity index (χ0v) is 14.7. The van der Waals surface area contributed by atoms with Crippen LogP contribution in [0.3, 0.4) is 0 Å². The standard InChI is InChI=1S/C18H21N5O3/c1-4-16(24)20-11-13-8-6-5-7-12(13)9-17(25)21-15-10-14(18(26)19-2)23(3)22-15/h4-8,10H,1,9,11H2,2-3H3,(H,19,26)(H,20,24)(H,21,22,25). The van der Waals surface area contributed by atoms with Gasteiger partial charge in [0.25, 0.3) is 5.91 Å². The van der Waals surface area contributed by atoms with Gasteiger partial charge in [0, 0.05) is 26.7 Å². The first kappa shape index (κ1) is 18.9. The van der Waals surface area contributed by atoms with Crippen molar-refractivity contribution >= 4 is 23.5 Å². The summed E-state index contributed by atoms with van der Waals surface area (Å²) in [7, 11) is 3.15. The van der Waals surface area contributed by atoms with Gasteiger partial charge < -0.3 is 16.0 Å². The van der Waals surface area contributed by atoms with Crippen LogP contribution in [-0.2, 0) is 29.6 Å². The van der Waals surface area contributed by atoms with E-state index in [-0.39, 0.29) is 24.1 Å². The van der Waals surface area contributed by atoms with Gasteiger partial charge in [0.2, 0.25) is 11.8 Å². The van der Waals surface area contributed by atoms with Crippen molar-refractivity contribution in [2.45, 2.75) is 13.0 Å². The normalized spacial score (nSPS) is 10.1. The monoisotopic (exact) mass is 355 g/mol. The average molecular weight is 355 g/mol. The largest absolute Gasteiger partial charge is 0.354 e. The maximum Gasteiger partial charge on any atom is 0.269 e. The minimum Gasteiger partial charge on any atom is -0.354 e. The van der Waals surface area contributed by atoms with Crippen LogP contribution >= 0.6 is 0 Å². The third-order valence-corrected chi connectivity index (χ3v) is 3.71. The van der Waals surface area contributed by atoms with Crippen LogP contribution in [0.5, 0.6) is 0 Å². The van der Waals surface area contributed by atoms with Crippen molar-refractivity contribution in [2.75, 3.05) is 12.4 Å². The molecule has 8 heteroatoms. The summed E-state index contributed by atoms with van der Waals surface area (Å²) in [6.07, 6.45) is 1.31. The molecule has 136 valence electrons. The van der Waals surface area contributed by atoms with E-state index in [1.54, 1.807) is 7.05 Å². The van der Waals surface area contributed by atoms with E-state index in [0.29, 0.717) is 18.1 Å². The van der Waals surface area contributed by atoms with Crippen molar-refractivity contribution < 1.29 is 14.4 Å². The predicted octanol–water partition coefficient (Wildman–Crippen LogP) is 0.763. The Kier molecular flexibility index (Phi) is 6.26. The predicted molar refractivity (Wildman–Crippen MR) is 97.4 cm³/mol. The number of aryl methyl sites for hydroxylation is 1. The molecule has 3 amide bonds. The van der Waals surface area contributed by atoms with Crippen molar-refractivity contribution in [1.82, 2.24) is 20.4 Å². The number of anilines is 1. The SMILES string of the molecule is C=CC(=O)NCc1ccccc1CC(=O)Nc1cc(C(=O)NC)n(C)n1. The third-order valence-electron chi connectivity index (χ3n) is 3.71. The summed E-state index contributed by atoms with van der Waals surface area (Å²) in [5, 5.41) is 12.0. The molecule has 26 heavy (non-hydrogen) atoms. The molecule has 0 spiro atoms. The van der Waals surface area contributed by atoms with E-state index in [9.17, 15) is 14.4 Å². The molecule has 0 unspecified atom stereocenters. The zero-order valence-electron chi connectivity index (χ0n) is 14.7. The lowest BCUT2D eigenvalue weighted by molar-refractivity contribution is -0.116. The third kappa shape index (κ3) is 4.79. The van der Waals surface area contributed by atoms with Crippen LogP contribution in [0, 0.1) is 0 Å². The Morgan fingerprint density at radius 1 is 1.23 bits per heavy atom. The second kappa shape index (κ2) is 8.61. The number of rotatable bonds is 7. The molecule has 0 aliphatic heterocycles. The number of hydrogen-bond acceptors (Lipinski definition) is 4.